The molecule has 104 valence electrons. The van der Waals surface area contributed by atoms with E-state index in [4.69, 9.17) is 11.6 Å². The third-order valence-electron chi connectivity index (χ3n) is 3.94. The van der Waals surface area contributed by atoms with Gasteiger partial charge in [-0.05, 0) is 43.4 Å². The zero-order valence-corrected chi connectivity index (χ0v) is 13.4. The number of carbonyl (C=O) groups is 1. The van der Waals surface area contributed by atoms with E-state index < -0.39 is 0 Å². The fraction of sp³-hybridized carbons (Fsp3) is 0.533. The van der Waals surface area contributed by atoms with Crippen molar-refractivity contribution >= 4 is 33.4 Å². The molecule has 2 nitrogen and oxygen atoms in total. The van der Waals surface area contributed by atoms with Crippen LogP contribution in [-0.2, 0) is 0 Å². The van der Waals surface area contributed by atoms with Crippen molar-refractivity contribution in [1.82, 2.24) is 5.32 Å². The SMILES string of the molecule is Cc1c(Br)cccc1C(=O)NC1CCCCC1CCl. The Balaban J connectivity index is 2.09. The van der Waals surface area contributed by atoms with E-state index in [1.807, 2.05) is 25.1 Å². The first-order chi connectivity index (χ1) is 9.13. The summed E-state index contributed by atoms with van der Waals surface area (Å²) in [5.74, 6) is 1.05. The van der Waals surface area contributed by atoms with Gasteiger partial charge in [0.1, 0.15) is 0 Å². The van der Waals surface area contributed by atoms with Gasteiger partial charge in [0.15, 0.2) is 0 Å². The summed E-state index contributed by atoms with van der Waals surface area (Å²) in [6.45, 7) is 1.96. The molecule has 1 aliphatic carbocycles. The molecular weight excluding hydrogens is 326 g/mol. The quantitative estimate of drug-likeness (QED) is 0.815. The van der Waals surface area contributed by atoms with E-state index in [0.29, 0.717) is 11.8 Å². The molecular formula is C15H19BrClNO. The fourth-order valence-electron chi connectivity index (χ4n) is 2.68. The molecule has 1 N–H and O–H groups in total. The van der Waals surface area contributed by atoms with Gasteiger partial charge in [0.25, 0.3) is 5.91 Å². The van der Waals surface area contributed by atoms with E-state index >= 15 is 0 Å². The summed E-state index contributed by atoms with van der Waals surface area (Å²) in [6, 6.07) is 5.94. The van der Waals surface area contributed by atoms with E-state index in [-0.39, 0.29) is 11.9 Å². The monoisotopic (exact) mass is 343 g/mol. The van der Waals surface area contributed by atoms with Crippen LogP contribution >= 0.6 is 27.5 Å². The van der Waals surface area contributed by atoms with Crippen molar-refractivity contribution in [3.63, 3.8) is 0 Å². The van der Waals surface area contributed by atoms with Crippen LogP contribution < -0.4 is 5.32 Å². The Morgan fingerprint density at radius 2 is 2.16 bits per heavy atom. The fourth-order valence-corrected chi connectivity index (χ4v) is 3.42. The van der Waals surface area contributed by atoms with Gasteiger partial charge < -0.3 is 5.32 Å². The first-order valence-corrected chi connectivity index (χ1v) is 8.08. The number of rotatable bonds is 3. The highest BCUT2D eigenvalue weighted by atomic mass is 79.9. The number of benzene rings is 1. The first kappa shape index (κ1) is 14.9. The molecule has 0 aliphatic heterocycles. The zero-order chi connectivity index (χ0) is 13.8. The molecule has 0 saturated heterocycles. The number of halogens is 2. The second kappa shape index (κ2) is 6.76. The summed E-state index contributed by atoms with van der Waals surface area (Å²) in [4.78, 5) is 12.4. The van der Waals surface area contributed by atoms with Crippen molar-refractivity contribution in [3.8, 4) is 0 Å². The van der Waals surface area contributed by atoms with E-state index in [0.717, 1.165) is 28.4 Å². The molecule has 1 aliphatic rings. The minimum absolute atomic E-state index is 0.0146. The molecule has 0 bridgehead atoms. The highest BCUT2D eigenvalue weighted by Gasteiger charge is 2.26. The Bertz CT molecular complexity index is 463. The average Bonchev–Trinajstić information content (AvgIpc) is 2.42. The van der Waals surface area contributed by atoms with Crippen molar-refractivity contribution < 1.29 is 4.79 Å². The average molecular weight is 345 g/mol. The van der Waals surface area contributed by atoms with Crippen LogP contribution in [-0.4, -0.2) is 17.8 Å². The molecule has 2 rings (SSSR count). The Morgan fingerprint density at radius 1 is 1.42 bits per heavy atom. The van der Waals surface area contributed by atoms with Gasteiger partial charge in [-0.3, -0.25) is 4.79 Å². The Morgan fingerprint density at radius 3 is 2.89 bits per heavy atom. The molecule has 4 heteroatoms. The molecule has 1 saturated carbocycles. The van der Waals surface area contributed by atoms with Gasteiger partial charge in [0.05, 0.1) is 0 Å². The van der Waals surface area contributed by atoms with E-state index in [2.05, 4.69) is 21.2 Å². The molecule has 0 spiro atoms. The highest BCUT2D eigenvalue weighted by molar-refractivity contribution is 9.10. The third-order valence-corrected chi connectivity index (χ3v) is 5.19. The lowest BCUT2D eigenvalue weighted by atomic mass is 9.85. The summed E-state index contributed by atoms with van der Waals surface area (Å²) in [7, 11) is 0. The van der Waals surface area contributed by atoms with Crippen LogP contribution in [0.3, 0.4) is 0 Å². The number of amides is 1. The Kier molecular flexibility index (Phi) is 5.28. The number of carbonyl (C=O) groups excluding carboxylic acids is 1. The molecule has 19 heavy (non-hydrogen) atoms. The summed E-state index contributed by atoms with van der Waals surface area (Å²) >= 11 is 9.47. The molecule has 1 aromatic rings. The lowest BCUT2D eigenvalue weighted by Gasteiger charge is -2.31. The topological polar surface area (TPSA) is 29.1 Å². The molecule has 0 aromatic heterocycles. The summed E-state index contributed by atoms with van der Waals surface area (Å²) in [6.07, 6.45) is 4.55. The predicted octanol–water partition coefficient (Wildman–Crippen LogP) is 4.28. The van der Waals surface area contributed by atoms with Gasteiger partial charge in [0, 0.05) is 22.0 Å². The minimum atomic E-state index is 0.0146. The standard InChI is InChI=1S/C15H19BrClNO/c1-10-12(6-4-7-13(10)16)15(19)18-14-8-3-2-5-11(14)9-17/h4,6-7,11,14H,2-3,5,8-9H2,1H3,(H,18,19). The van der Waals surface area contributed by atoms with Gasteiger partial charge in [-0.25, -0.2) is 0 Å². The lowest BCUT2D eigenvalue weighted by Crippen LogP contribution is -2.43. The first-order valence-electron chi connectivity index (χ1n) is 6.75. The second-order valence-corrected chi connectivity index (χ2v) is 6.35. The maximum Gasteiger partial charge on any atom is 0.251 e. The van der Waals surface area contributed by atoms with Gasteiger partial charge in [-0.15, -0.1) is 11.6 Å². The smallest absolute Gasteiger partial charge is 0.251 e. The number of hydrogen-bond acceptors (Lipinski definition) is 1. The van der Waals surface area contributed by atoms with Gasteiger partial charge >= 0.3 is 0 Å². The van der Waals surface area contributed by atoms with E-state index in [9.17, 15) is 4.79 Å². The summed E-state index contributed by atoms with van der Waals surface area (Å²) < 4.78 is 0.970. The third kappa shape index (κ3) is 3.51. The van der Waals surface area contributed by atoms with Crippen LogP contribution in [0.2, 0.25) is 0 Å². The van der Waals surface area contributed by atoms with Crippen molar-refractivity contribution in [2.24, 2.45) is 5.92 Å². The van der Waals surface area contributed by atoms with Crippen LogP contribution in [0.15, 0.2) is 22.7 Å². The van der Waals surface area contributed by atoms with E-state index in [1.165, 1.54) is 12.8 Å². The normalized spacial score (nSPS) is 23.1. The maximum absolute atomic E-state index is 12.4. The molecule has 2 unspecified atom stereocenters. The highest BCUT2D eigenvalue weighted by Crippen LogP contribution is 2.26. The van der Waals surface area contributed by atoms with E-state index in [1.54, 1.807) is 0 Å². The molecule has 1 amide bonds. The van der Waals surface area contributed by atoms with Crippen molar-refractivity contribution in [3.05, 3.63) is 33.8 Å². The minimum Gasteiger partial charge on any atom is -0.349 e. The molecule has 2 atom stereocenters. The van der Waals surface area contributed by atoms with Crippen LogP contribution in [0.4, 0.5) is 0 Å². The molecule has 1 aromatic carbocycles. The zero-order valence-electron chi connectivity index (χ0n) is 11.1. The largest absolute Gasteiger partial charge is 0.349 e. The second-order valence-electron chi connectivity index (χ2n) is 5.19. The maximum atomic E-state index is 12.4. The number of hydrogen-bond donors (Lipinski definition) is 1. The van der Waals surface area contributed by atoms with Crippen LogP contribution in [0, 0.1) is 12.8 Å². The van der Waals surface area contributed by atoms with Crippen LogP contribution in [0.5, 0.6) is 0 Å². The Labute approximate surface area is 128 Å². The summed E-state index contributed by atoms with van der Waals surface area (Å²) in [5.41, 5.74) is 1.73. The van der Waals surface area contributed by atoms with Gasteiger partial charge in [-0.2, -0.15) is 0 Å². The number of nitrogens with one attached hydrogen (secondary N) is 1. The lowest BCUT2D eigenvalue weighted by molar-refractivity contribution is 0.0910. The molecule has 0 radical (unpaired) electrons. The predicted molar refractivity (Wildman–Crippen MR) is 82.8 cm³/mol. The van der Waals surface area contributed by atoms with Gasteiger partial charge in [0.2, 0.25) is 0 Å². The van der Waals surface area contributed by atoms with Crippen LogP contribution in [0.25, 0.3) is 0 Å². The number of alkyl halides is 1. The Hall–Kier alpha value is -0.540. The molecule has 1 fully saturated rings. The van der Waals surface area contributed by atoms with Crippen molar-refractivity contribution in [2.45, 2.75) is 38.6 Å². The summed E-state index contributed by atoms with van der Waals surface area (Å²) in [5, 5.41) is 3.16. The van der Waals surface area contributed by atoms with Crippen molar-refractivity contribution in [1.29, 1.82) is 0 Å². The van der Waals surface area contributed by atoms with Crippen LogP contribution in [0.1, 0.15) is 41.6 Å². The van der Waals surface area contributed by atoms with Crippen molar-refractivity contribution in [2.75, 3.05) is 5.88 Å². The van der Waals surface area contributed by atoms with Gasteiger partial charge in [-0.1, -0.05) is 34.8 Å². The molecule has 0 heterocycles.